The lowest BCUT2D eigenvalue weighted by Gasteiger charge is -2.17. The molecule has 1 saturated heterocycles. The molecule has 8 nitrogen and oxygen atoms in total. The summed E-state index contributed by atoms with van der Waals surface area (Å²) < 4.78 is 11.2. The van der Waals surface area contributed by atoms with E-state index in [2.05, 4.69) is 20.5 Å². The lowest BCUT2D eigenvalue weighted by molar-refractivity contribution is -0.122. The molecule has 0 aromatic carbocycles. The van der Waals surface area contributed by atoms with Gasteiger partial charge in [-0.1, -0.05) is 0 Å². The van der Waals surface area contributed by atoms with E-state index in [9.17, 15) is 9.59 Å². The van der Waals surface area contributed by atoms with Gasteiger partial charge in [0.15, 0.2) is 0 Å². The topological polar surface area (TPSA) is 96.7 Å². The Kier molecular flexibility index (Phi) is 6.43. The summed E-state index contributed by atoms with van der Waals surface area (Å²) in [5.74, 6) is 1.33. The van der Waals surface area contributed by atoms with E-state index >= 15 is 0 Å². The van der Waals surface area contributed by atoms with Gasteiger partial charge in [0, 0.05) is 32.3 Å². The molecule has 1 fully saturated rings. The Morgan fingerprint density at radius 1 is 1.33 bits per heavy atom. The fourth-order valence-electron chi connectivity index (χ4n) is 2.93. The van der Waals surface area contributed by atoms with Gasteiger partial charge in [-0.3, -0.25) is 19.5 Å². The predicted octanol–water partition coefficient (Wildman–Crippen LogP) is 1.08. The van der Waals surface area contributed by atoms with Crippen molar-refractivity contribution in [3.63, 3.8) is 0 Å². The van der Waals surface area contributed by atoms with Crippen LogP contribution in [0.15, 0.2) is 41.1 Å². The van der Waals surface area contributed by atoms with E-state index < -0.39 is 0 Å². The summed E-state index contributed by atoms with van der Waals surface area (Å²) in [7, 11) is 0. The van der Waals surface area contributed by atoms with Crippen molar-refractivity contribution in [1.82, 2.24) is 20.5 Å². The molecule has 0 aliphatic carbocycles. The highest BCUT2D eigenvalue weighted by Gasteiger charge is 2.25. The summed E-state index contributed by atoms with van der Waals surface area (Å²) in [6.07, 6.45) is 4.14. The average Bonchev–Trinajstić information content (AvgIpc) is 3.31. The molecule has 2 aromatic rings. The minimum atomic E-state index is -0.0973. The quantitative estimate of drug-likeness (QED) is 0.720. The summed E-state index contributed by atoms with van der Waals surface area (Å²) in [5.41, 5.74) is 0.745. The minimum Gasteiger partial charge on any atom is -0.489 e. The van der Waals surface area contributed by atoms with Crippen molar-refractivity contribution in [3.05, 3.63) is 48.2 Å². The van der Waals surface area contributed by atoms with Crippen LogP contribution < -0.4 is 15.4 Å². The molecule has 3 heterocycles. The smallest absolute Gasteiger partial charge is 0.234 e. The van der Waals surface area contributed by atoms with Crippen molar-refractivity contribution in [2.75, 3.05) is 19.6 Å². The van der Waals surface area contributed by atoms with Crippen LogP contribution in [0.1, 0.15) is 24.8 Å². The molecule has 1 aliphatic rings. The molecule has 0 radical (unpaired) electrons. The number of likely N-dealkylation sites (tertiary alicyclic amines) is 1. The van der Waals surface area contributed by atoms with E-state index in [4.69, 9.17) is 9.15 Å². The third-order valence-electron chi connectivity index (χ3n) is 4.25. The van der Waals surface area contributed by atoms with Crippen LogP contribution in [0.25, 0.3) is 0 Å². The highest BCUT2D eigenvalue weighted by molar-refractivity contribution is 5.78. The summed E-state index contributed by atoms with van der Waals surface area (Å²) in [4.78, 5) is 29.3. The Balaban J connectivity index is 1.42. The highest BCUT2D eigenvalue weighted by Crippen LogP contribution is 2.18. The van der Waals surface area contributed by atoms with Crippen molar-refractivity contribution in [1.29, 1.82) is 0 Å². The molecule has 1 aliphatic heterocycles. The molecule has 2 N–H and O–H groups in total. The van der Waals surface area contributed by atoms with Crippen LogP contribution in [-0.2, 0) is 22.7 Å². The molecule has 1 unspecified atom stereocenters. The van der Waals surface area contributed by atoms with Crippen LogP contribution in [0, 0.1) is 0 Å². The number of ether oxygens (including phenoxy) is 1. The van der Waals surface area contributed by atoms with E-state index in [1.165, 1.54) is 6.92 Å². The zero-order valence-electron chi connectivity index (χ0n) is 15.3. The van der Waals surface area contributed by atoms with Crippen molar-refractivity contribution in [2.45, 2.75) is 32.5 Å². The predicted molar refractivity (Wildman–Crippen MR) is 97.8 cm³/mol. The summed E-state index contributed by atoms with van der Waals surface area (Å²) in [6.45, 7) is 4.08. The fourth-order valence-corrected chi connectivity index (χ4v) is 2.93. The number of amides is 2. The first kappa shape index (κ1) is 18.9. The molecule has 2 amide bonds. The highest BCUT2D eigenvalue weighted by atomic mass is 16.5. The fraction of sp³-hybridized carbons (Fsp3) is 0.421. The van der Waals surface area contributed by atoms with Gasteiger partial charge in [0.25, 0.3) is 0 Å². The van der Waals surface area contributed by atoms with Crippen LogP contribution in [0.2, 0.25) is 0 Å². The number of nitrogens with one attached hydrogen (secondary N) is 2. The van der Waals surface area contributed by atoms with Crippen LogP contribution in [0.5, 0.6) is 5.75 Å². The van der Waals surface area contributed by atoms with Gasteiger partial charge in [0.05, 0.1) is 31.6 Å². The van der Waals surface area contributed by atoms with Crippen molar-refractivity contribution < 1.29 is 18.7 Å². The van der Waals surface area contributed by atoms with Gasteiger partial charge in [0.1, 0.15) is 17.6 Å². The zero-order valence-corrected chi connectivity index (χ0v) is 15.3. The lowest BCUT2D eigenvalue weighted by atomic mass is 10.3. The number of nitrogens with zero attached hydrogens (tertiary/aromatic N) is 2. The number of pyridine rings is 1. The van der Waals surface area contributed by atoms with E-state index in [-0.39, 0.29) is 17.9 Å². The minimum absolute atomic E-state index is 0.0268. The number of carbonyl (C=O) groups excluding carboxylic acids is 2. The maximum atomic E-state index is 12.1. The maximum absolute atomic E-state index is 12.1. The molecule has 3 rings (SSSR count). The second kappa shape index (κ2) is 9.18. The number of carbonyl (C=O) groups is 2. The Bertz CT molecular complexity index is 763. The Hall–Kier alpha value is -2.87. The zero-order chi connectivity index (χ0) is 19.1. The molecule has 2 aromatic heterocycles. The molecule has 8 heteroatoms. The standard InChI is InChI=1S/C19H24N4O4/c1-14(24)21-10-15-9-16(4-6-20-15)27-18-5-7-23(12-18)13-19(25)22-11-17-3-2-8-26-17/h2-4,6,8-9,18H,5,7,10-13H2,1H3,(H,21,24)(H,22,25). The molecule has 0 saturated carbocycles. The maximum Gasteiger partial charge on any atom is 0.234 e. The molecule has 0 bridgehead atoms. The third-order valence-corrected chi connectivity index (χ3v) is 4.25. The van der Waals surface area contributed by atoms with E-state index in [1.54, 1.807) is 24.6 Å². The molecule has 1 atom stereocenters. The molecular formula is C19H24N4O4. The van der Waals surface area contributed by atoms with E-state index in [0.717, 1.165) is 30.2 Å². The molecule has 144 valence electrons. The number of rotatable bonds is 8. The number of aromatic nitrogens is 1. The van der Waals surface area contributed by atoms with Gasteiger partial charge in [-0.05, 0) is 24.6 Å². The second-order valence-corrected chi connectivity index (χ2v) is 6.51. The first-order valence-electron chi connectivity index (χ1n) is 8.96. The van der Waals surface area contributed by atoms with Crippen LogP contribution in [0.4, 0.5) is 0 Å². The normalized spacial score (nSPS) is 16.9. The monoisotopic (exact) mass is 372 g/mol. The summed E-state index contributed by atoms with van der Waals surface area (Å²) >= 11 is 0. The van der Waals surface area contributed by atoms with Gasteiger partial charge >= 0.3 is 0 Å². The first-order chi connectivity index (χ1) is 13.1. The van der Waals surface area contributed by atoms with E-state index in [0.29, 0.717) is 26.2 Å². The van der Waals surface area contributed by atoms with Gasteiger partial charge < -0.3 is 19.8 Å². The average molecular weight is 372 g/mol. The Labute approximate surface area is 157 Å². The number of hydrogen-bond acceptors (Lipinski definition) is 6. The van der Waals surface area contributed by atoms with Gasteiger partial charge in [-0.2, -0.15) is 0 Å². The summed E-state index contributed by atoms with van der Waals surface area (Å²) in [6, 6.07) is 7.25. The van der Waals surface area contributed by atoms with Gasteiger partial charge in [-0.15, -0.1) is 0 Å². The van der Waals surface area contributed by atoms with Gasteiger partial charge in [-0.25, -0.2) is 0 Å². The molecule has 27 heavy (non-hydrogen) atoms. The Morgan fingerprint density at radius 2 is 2.22 bits per heavy atom. The van der Waals surface area contributed by atoms with Gasteiger partial charge in [0.2, 0.25) is 11.8 Å². The van der Waals surface area contributed by atoms with Crippen molar-refractivity contribution in [2.24, 2.45) is 0 Å². The van der Waals surface area contributed by atoms with Crippen LogP contribution >= 0.6 is 0 Å². The first-order valence-corrected chi connectivity index (χ1v) is 8.96. The number of hydrogen-bond donors (Lipinski definition) is 2. The Morgan fingerprint density at radius 3 is 3.00 bits per heavy atom. The lowest BCUT2D eigenvalue weighted by Crippen LogP contribution is -2.36. The SMILES string of the molecule is CC(=O)NCc1cc(OC2CCN(CC(=O)NCc3ccco3)C2)ccn1. The largest absolute Gasteiger partial charge is 0.489 e. The van der Waals surface area contributed by atoms with Crippen LogP contribution in [-0.4, -0.2) is 47.4 Å². The van der Waals surface area contributed by atoms with Crippen LogP contribution in [0.3, 0.4) is 0 Å². The summed E-state index contributed by atoms with van der Waals surface area (Å²) in [5, 5.41) is 5.57. The van der Waals surface area contributed by atoms with Crippen molar-refractivity contribution >= 4 is 11.8 Å². The van der Waals surface area contributed by atoms with Crippen molar-refractivity contribution in [3.8, 4) is 5.75 Å². The number of furan rings is 1. The molecule has 0 spiro atoms. The second-order valence-electron chi connectivity index (χ2n) is 6.51. The molecular weight excluding hydrogens is 348 g/mol. The third kappa shape index (κ3) is 6.10. The van der Waals surface area contributed by atoms with E-state index in [1.807, 2.05) is 12.1 Å².